The highest BCUT2D eigenvalue weighted by atomic mass is 28.3. The maximum atomic E-state index is 11.0. The normalized spacial score (nSPS) is 20.6. The fourth-order valence-corrected chi connectivity index (χ4v) is 4.62. The van der Waals surface area contributed by atoms with E-state index in [0.29, 0.717) is 0 Å². The largest absolute Gasteiger partial charge is 0.386 e. The average molecular weight is 283 g/mol. The van der Waals surface area contributed by atoms with Gasteiger partial charge in [-0.15, -0.1) is 0 Å². The van der Waals surface area contributed by atoms with E-state index in [1.807, 2.05) is 0 Å². The van der Waals surface area contributed by atoms with E-state index in [4.69, 9.17) is 0 Å². The second kappa shape index (κ2) is 7.63. The molecular formula is C17H34OSi. The second-order valence-corrected chi connectivity index (χ2v) is 12.5. The molecule has 0 saturated heterocycles. The van der Waals surface area contributed by atoms with E-state index >= 15 is 0 Å². The molecule has 0 heterocycles. The molecule has 0 spiro atoms. The van der Waals surface area contributed by atoms with Crippen molar-refractivity contribution in [2.75, 3.05) is 0 Å². The van der Waals surface area contributed by atoms with E-state index in [1.165, 1.54) is 50.5 Å². The van der Waals surface area contributed by atoms with E-state index in [1.54, 1.807) is 0 Å². The van der Waals surface area contributed by atoms with Crippen molar-refractivity contribution in [3.05, 3.63) is 11.3 Å². The molecular weight excluding hydrogens is 248 g/mol. The summed E-state index contributed by atoms with van der Waals surface area (Å²) in [5.74, 6) is 0. The first-order valence-electron chi connectivity index (χ1n) is 8.32. The molecule has 0 bridgehead atoms. The van der Waals surface area contributed by atoms with Gasteiger partial charge in [-0.1, -0.05) is 70.8 Å². The molecule has 0 atom stereocenters. The minimum atomic E-state index is -1.24. The quantitative estimate of drug-likeness (QED) is 0.486. The van der Waals surface area contributed by atoms with Gasteiger partial charge in [0, 0.05) is 0 Å². The van der Waals surface area contributed by atoms with Crippen LogP contribution in [0.3, 0.4) is 0 Å². The van der Waals surface area contributed by atoms with Crippen LogP contribution in [0.1, 0.15) is 71.1 Å². The SMILES string of the molecule is CCCCCC/C(=C\[Si](C)(C)C)C1(O)CCCCC1. The summed E-state index contributed by atoms with van der Waals surface area (Å²) in [6.45, 7) is 9.40. The van der Waals surface area contributed by atoms with Crippen LogP contribution in [-0.4, -0.2) is 18.8 Å². The minimum absolute atomic E-state index is 0.454. The third-order valence-corrected chi connectivity index (χ3v) is 5.40. The molecule has 0 amide bonds. The summed E-state index contributed by atoms with van der Waals surface area (Å²) in [6.07, 6.45) is 12.0. The topological polar surface area (TPSA) is 20.2 Å². The van der Waals surface area contributed by atoms with Gasteiger partial charge in [0.1, 0.15) is 0 Å². The van der Waals surface area contributed by atoms with Crippen LogP contribution in [0.25, 0.3) is 0 Å². The molecule has 0 aromatic heterocycles. The maximum absolute atomic E-state index is 11.0. The lowest BCUT2D eigenvalue weighted by molar-refractivity contribution is 0.0363. The Kier molecular flexibility index (Phi) is 6.82. The summed E-state index contributed by atoms with van der Waals surface area (Å²) in [7, 11) is -1.24. The molecule has 0 radical (unpaired) electrons. The third-order valence-electron chi connectivity index (χ3n) is 4.19. The number of unbranched alkanes of at least 4 members (excludes halogenated alkanes) is 3. The molecule has 1 nitrogen and oxygen atoms in total. The Labute approximate surface area is 121 Å². The summed E-state index contributed by atoms with van der Waals surface area (Å²) >= 11 is 0. The lowest BCUT2D eigenvalue weighted by Crippen LogP contribution is -2.35. The Hall–Kier alpha value is -0.0831. The average Bonchev–Trinajstić information content (AvgIpc) is 2.32. The van der Waals surface area contributed by atoms with Gasteiger partial charge in [-0.3, -0.25) is 0 Å². The zero-order chi connectivity index (χ0) is 14.4. The van der Waals surface area contributed by atoms with Crippen molar-refractivity contribution >= 4 is 8.07 Å². The zero-order valence-electron chi connectivity index (χ0n) is 13.6. The molecule has 19 heavy (non-hydrogen) atoms. The van der Waals surface area contributed by atoms with Gasteiger partial charge in [-0.2, -0.15) is 0 Å². The van der Waals surface area contributed by atoms with E-state index in [2.05, 4.69) is 32.3 Å². The number of aliphatic hydroxyl groups is 1. The molecule has 2 heteroatoms. The predicted molar refractivity (Wildman–Crippen MR) is 88.2 cm³/mol. The first-order valence-corrected chi connectivity index (χ1v) is 11.9. The molecule has 0 unspecified atom stereocenters. The lowest BCUT2D eigenvalue weighted by atomic mass is 9.78. The Balaban J connectivity index is 2.71. The zero-order valence-corrected chi connectivity index (χ0v) is 14.6. The van der Waals surface area contributed by atoms with Crippen LogP contribution in [0, 0.1) is 0 Å². The number of hydrogen-bond acceptors (Lipinski definition) is 1. The molecule has 1 N–H and O–H groups in total. The van der Waals surface area contributed by atoms with Gasteiger partial charge in [-0.25, -0.2) is 0 Å². The van der Waals surface area contributed by atoms with Gasteiger partial charge in [-0.05, 0) is 31.3 Å². The van der Waals surface area contributed by atoms with E-state index in [0.717, 1.165) is 19.3 Å². The second-order valence-electron chi connectivity index (χ2n) is 7.44. The van der Waals surface area contributed by atoms with Gasteiger partial charge >= 0.3 is 0 Å². The van der Waals surface area contributed by atoms with Crippen molar-refractivity contribution < 1.29 is 5.11 Å². The highest BCUT2D eigenvalue weighted by Crippen LogP contribution is 2.37. The van der Waals surface area contributed by atoms with Crippen LogP contribution >= 0.6 is 0 Å². The molecule has 112 valence electrons. The Morgan fingerprint density at radius 3 is 2.21 bits per heavy atom. The van der Waals surface area contributed by atoms with E-state index in [-0.39, 0.29) is 0 Å². The van der Waals surface area contributed by atoms with Crippen molar-refractivity contribution in [2.24, 2.45) is 0 Å². The van der Waals surface area contributed by atoms with Crippen molar-refractivity contribution in [3.63, 3.8) is 0 Å². The third kappa shape index (κ3) is 6.27. The van der Waals surface area contributed by atoms with Crippen LogP contribution in [0.2, 0.25) is 19.6 Å². The van der Waals surface area contributed by atoms with Crippen LogP contribution in [0.15, 0.2) is 11.3 Å². The predicted octanol–water partition coefficient (Wildman–Crippen LogP) is 5.46. The van der Waals surface area contributed by atoms with Gasteiger partial charge in [0.15, 0.2) is 0 Å². The molecule has 1 aliphatic rings. The summed E-state index contributed by atoms with van der Waals surface area (Å²) < 4.78 is 0. The summed E-state index contributed by atoms with van der Waals surface area (Å²) in [4.78, 5) is 0. The van der Waals surface area contributed by atoms with Crippen LogP contribution in [0.4, 0.5) is 0 Å². The molecule has 1 saturated carbocycles. The van der Waals surface area contributed by atoms with Gasteiger partial charge in [0.25, 0.3) is 0 Å². The smallest absolute Gasteiger partial charge is 0.0853 e. The first-order chi connectivity index (χ1) is 8.87. The van der Waals surface area contributed by atoms with Crippen LogP contribution in [-0.2, 0) is 0 Å². The van der Waals surface area contributed by atoms with Crippen LogP contribution < -0.4 is 0 Å². The molecule has 0 aromatic carbocycles. The molecule has 0 aliphatic heterocycles. The minimum Gasteiger partial charge on any atom is -0.386 e. The Bertz CT molecular complexity index is 282. The molecule has 0 aromatic rings. The standard InChI is InChI=1S/C17H34OSi/c1-5-6-7-9-12-16(15-19(2,3)4)17(18)13-10-8-11-14-17/h15,18H,5-14H2,1-4H3/b16-15+. The van der Waals surface area contributed by atoms with E-state index < -0.39 is 13.7 Å². The number of rotatable bonds is 7. The van der Waals surface area contributed by atoms with Crippen molar-refractivity contribution in [3.8, 4) is 0 Å². The lowest BCUT2D eigenvalue weighted by Gasteiger charge is -2.36. The maximum Gasteiger partial charge on any atom is 0.0853 e. The van der Waals surface area contributed by atoms with E-state index in [9.17, 15) is 5.11 Å². The fraction of sp³-hybridized carbons (Fsp3) is 0.882. The molecule has 1 rings (SSSR count). The van der Waals surface area contributed by atoms with Gasteiger partial charge in [0.05, 0.1) is 13.7 Å². The molecule has 1 aliphatic carbocycles. The Morgan fingerprint density at radius 2 is 1.68 bits per heavy atom. The van der Waals surface area contributed by atoms with Crippen LogP contribution in [0.5, 0.6) is 0 Å². The van der Waals surface area contributed by atoms with Crippen molar-refractivity contribution in [1.29, 1.82) is 0 Å². The summed E-state index contributed by atoms with van der Waals surface area (Å²) in [5, 5.41) is 11.0. The van der Waals surface area contributed by atoms with Crippen molar-refractivity contribution in [2.45, 2.75) is 96.4 Å². The highest BCUT2D eigenvalue weighted by Gasteiger charge is 2.33. The fourth-order valence-electron chi connectivity index (χ4n) is 3.16. The van der Waals surface area contributed by atoms with Gasteiger partial charge < -0.3 is 5.11 Å². The van der Waals surface area contributed by atoms with Gasteiger partial charge in [0.2, 0.25) is 0 Å². The summed E-state index contributed by atoms with van der Waals surface area (Å²) in [5.41, 5.74) is 3.43. The number of hydrogen-bond donors (Lipinski definition) is 1. The first kappa shape index (κ1) is 17.0. The summed E-state index contributed by atoms with van der Waals surface area (Å²) in [6, 6.07) is 0. The van der Waals surface area contributed by atoms with Crippen molar-refractivity contribution in [1.82, 2.24) is 0 Å². The highest BCUT2D eigenvalue weighted by molar-refractivity contribution is 6.81. The Morgan fingerprint density at radius 1 is 1.05 bits per heavy atom. The monoisotopic (exact) mass is 282 g/mol. The molecule has 1 fully saturated rings.